The molecule has 0 radical (unpaired) electrons. The molecule has 28 heavy (non-hydrogen) atoms. The largest absolute Gasteiger partial charge is 0.485 e. The van der Waals surface area contributed by atoms with E-state index in [1.807, 2.05) is 47.4 Å². The number of rotatable bonds is 2. The van der Waals surface area contributed by atoms with E-state index >= 15 is 0 Å². The molecule has 2 aliphatic heterocycles. The van der Waals surface area contributed by atoms with Crippen LogP contribution in [0.25, 0.3) is 10.2 Å². The van der Waals surface area contributed by atoms with E-state index in [1.165, 1.54) is 0 Å². The van der Waals surface area contributed by atoms with Gasteiger partial charge in [-0.2, -0.15) is 0 Å². The lowest BCUT2D eigenvalue weighted by Gasteiger charge is -2.37. The summed E-state index contributed by atoms with van der Waals surface area (Å²) in [5.41, 5.74) is 0.914. The number of fused-ring (bicyclic) bond motifs is 2. The number of aromatic nitrogens is 1. The Morgan fingerprint density at radius 2 is 1.89 bits per heavy atom. The van der Waals surface area contributed by atoms with Crippen molar-refractivity contribution in [2.75, 3.05) is 37.7 Å². The summed E-state index contributed by atoms with van der Waals surface area (Å²) in [6, 6.07) is 13.2. The number of ether oxygens (including phenoxy) is 2. The van der Waals surface area contributed by atoms with Crippen molar-refractivity contribution in [2.45, 2.75) is 6.10 Å². The van der Waals surface area contributed by atoms with Crippen LogP contribution in [0.2, 0.25) is 5.02 Å². The molecule has 3 heterocycles. The van der Waals surface area contributed by atoms with Crippen LogP contribution in [0.4, 0.5) is 5.13 Å². The lowest BCUT2D eigenvalue weighted by Crippen LogP contribution is -2.54. The third-order valence-corrected chi connectivity index (χ3v) is 6.32. The van der Waals surface area contributed by atoms with Gasteiger partial charge in [-0.3, -0.25) is 4.79 Å². The number of carbonyl (C=O) groups excluding carboxylic acids is 1. The smallest absolute Gasteiger partial charge is 0.267 e. The van der Waals surface area contributed by atoms with Crippen molar-refractivity contribution in [1.29, 1.82) is 0 Å². The summed E-state index contributed by atoms with van der Waals surface area (Å²) in [6.45, 7) is 3.00. The molecule has 0 bridgehead atoms. The van der Waals surface area contributed by atoms with Gasteiger partial charge in [0, 0.05) is 31.2 Å². The van der Waals surface area contributed by atoms with Crippen LogP contribution < -0.4 is 14.4 Å². The van der Waals surface area contributed by atoms with Gasteiger partial charge in [-0.15, -0.1) is 0 Å². The van der Waals surface area contributed by atoms with E-state index in [0.29, 0.717) is 29.6 Å². The quantitative estimate of drug-likeness (QED) is 0.641. The predicted octanol–water partition coefficient (Wildman–Crippen LogP) is 3.44. The van der Waals surface area contributed by atoms with E-state index in [0.717, 1.165) is 28.4 Å². The number of piperazine rings is 1. The molecule has 1 aromatic heterocycles. The van der Waals surface area contributed by atoms with Gasteiger partial charge in [-0.1, -0.05) is 35.1 Å². The predicted molar refractivity (Wildman–Crippen MR) is 110 cm³/mol. The van der Waals surface area contributed by atoms with Crippen molar-refractivity contribution in [3.63, 3.8) is 0 Å². The van der Waals surface area contributed by atoms with Crippen molar-refractivity contribution in [3.05, 3.63) is 47.5 Å². The number of thiazole rings is 1. The van der Waals surface area contributed by atoms with Crippen molar-refractivity contribution in [3.8, 4) is 11.5 Å². The molecule has 1 fully saturated rings. The van der Waals surface area contributed by atoms with Crippen LogP contribution in [0.1, 0.15) is 0 Å². The topological polar surface area (TPSA) is 54.9 Å². The molecule has 3 aromatic rings. The molecule has 2 aromatic carbocycles. The molecule has 1 amide bonds. The Balaban J connectivity index is 1.23. The lowest BCUT2D eigenvalue weighted by molar-refractivity contribution is -0.141. The Hall–Kier alpha value is -2.51. The maximum atomic E-state index is 12.9. The number of para-hydroxylation sites is 2. The second kappa shape index (κ2) is 7.14. The number of halogens is 1. The van der Waals surface area contributed by atoms with Gasteiger partial charge in [0.1, 0.15) is 6.61 Å². The first-order chi connectivity index (χ1) is 13.7. The SMILES string of the molecule is O=C(C1COc2ccccc2O1)N1CCN(c2nc3cc(Cl)ccc3s2)CC1. The molecule has 0 saturated carbocycles. The highest BCUT2D eigenvalue weighted by Crippen LogP contribution is 2.33. The van der Waals surface area contributed by atoms with E-state index in [9.17, 15) is 4.79 Å². The molecule has 0 spiro atoms. The minimum atomic E-state index is -0.592. The van der Waals surface area contributed by atoms with Crippen molar-refractivity contribution < 1.29 is 14.3 Å². The third kappa shape index (κ3) is 3.25. The maximum absolute atomic E-state index is 12.9. The summed E-state index contributed by atoms with van der Waals surface area (Å²) in [4.78, 5) is 21.6. The van der Waals surface area contributed by atoms with Crippen LogP contribution in [-0.4, -0.2) is 54.7 Å². The van der Waals surface area contributed by atoms with Gasteiger partial charge < -0.3 is 19.3 Å². The minimum Gasteiger partial charge on any atom is -0.485 e. The Bertz CT molecular complexity index is 1030. The van der Waals surface area contributed by atoms with Gasteiger partial charge in [-0.05, 0) is 30.3 Å². The van der Waals surface area contributed by atoms with E-state index in [1.54, 1.807) is 11.3 Å². The standard InChI is InChI=1S/C20H18ClN3O3S/c21-13-5-6-18-14(11-13)22-20(28-18)24-9-7-23(8-10-24)19(25)17-12-26-15-3-1-2-4-16(15)27-17/h1-6,11,17H,7-10,12H2. The monoisotopic (exact) mass is 415 g/mol. The van der Waals surface area contributed by atoms with E-state index < -0.39 is 6.10 Å². The Kier molecular flexibility index (Phi) is 4.49. The van der Waals surface area contributed by atoms with Crippen LogP contribution in [0.5, 0.6) is 11.5 Å². The Labute approximate surface area is 171 Å². The lowest BCUT2D eigenvalue weighted by atomic mass is 10.2. The van der Waals surface area contributed by atoms with Gasteiger partial charge >= 0.3 is 0 Å². The van der Waals surface area contributed by atoms with E-state index in [-0.39, 0.29) is 12.5 Å². The molecule has 2 aliphatic rings. The Morgan fingerprint density at radius 3 is 2.71 bits per heavy atom. The molecule has 1 unspecified atom stereocenters. The number of hydrogen-bond donors (Lipinski definition) is 0. The first-order valence-corrected chi connectivity index (χ1v) is 10.4. The first kappa shape index (κ1) is 17.6. The molecule has 8 heteroatoms. The molecule has 1 atom stereocenters. The zero-order chi connectivity index (χ0) is 19.1. The van der Waals surface area contributed by atoms with Crippen LogP contribution in [0.15, 0.2) is 42.5 Å². The van der Waals surface area contributed by atoms with Crippen LogP contribution in [0.3, 0.4) is 0 Å². The number of nitrogens with zero attached hydrogens (tertiary/aromatic N) is 3. The van der Waals surface area contributed by atoms with E-state index in [2.05, 4.69) is 4.90 Å². The fraction of sp³-hybridized carbons (Fsp3) is 0.300. The first-order valence-electron chi connectivity index (χ1n) is 9.16. The zero-order valence-corrected chi connectivity index (χ0v) is 16.6. The van der Waals surface area contributed by atoms with Crippen molar-refractivity contribution >= 4 is 44.2 Å². The number of amides is 1. The fourth-order valence-electron chi connectivity index (χ4n) is 3.49. The molecular formula is C20H18ClN3O3S. The number of hydrogen-bond acceptors (Lipinski definition) is 6. The summed E-state index contributed by atoms with van der Waals surface area (Å²) in [6.07, 6.45) is -0.592. The van der Waals surface area contributed by atoms with Crippen LogP contribution in [-0.2, 0) is 4.79 Å². The second-order valence-corrected chi connectivity index (χ2v) is 8.23. The normalized spacial score (nSPS) is 19.1. The molecule has 5 rings (SSSR count). The maximum Gasteiger partial charge on any atom is 0.267 e. The highest BCUT2D eigenvalue weighted by atomic mass is 35.5. The number of anilines is 1. The van der Waals surface area contributed by atoms with Gasteiger partial charge in [0.25, 0.3) is 5.91 Å². The Morgan fingerprint density at radius 1 is 1.11 bits per heavy atom. The molecule has 1 saturated heterocycles. The summed E-state index contributed by atoms with van der Waals surface area (Å²) in [7, 11) is 0. The highest BCUT2D eigenvalue weighted by Gasteiger charge is 2.33. The third-order valence-electron chi connectivity index (χ3n) is 4.98. The van der Waals surface area contributed by atoms with Gasteiger partial charge in [-0.25, -0.2) is 4.98 Å². The van der Waals surface area contributed by atoms with Crippen LogP contribution in [0, 0.1) is 0 Å². The van der Waals surface area contributed by atoms with Crippen molar-refractivity contribution in [1.82, 2.24) is 9.88 Å². The van der Waals surface area contributed by atoms with Gasteiger partial charge in [0.15, 0.2) is 16.6 Å². The molecule has 144 valence electrons. The van der Waals surface area contributed by atoms with Gasteiger partial charge in [0.2, 0.25) is 6.10 Å². The average molecular weight is 416 g/mol. The highest BCUT2D eigenvalue weighted by molar-refractivity contribution is 7.22. The average Bonchev–Trinajstić information content (AvgIpc) is 3.16. The van der Waals surface area contributed by atoms with Crippen LogP contribution >= 0.6 is 22.9 Å². The molecule has 0 N–H and O–H groups in total. The summed E-state index contributed by atoms with van der Waals surface area (Å²) in [5.74, 6) is 1.29. The number of carbonyl (C=O) groups is 1. The van der Waals surface area contributed by atoms with Gasteiger partial charge in [0.05, 0.1) is 10.2 Å². The molecule has 6 nitrogen and oxygen atoms in total. The summed E-state index contributed by atoms with van der Waals surface area (Å²) in [5, 5.41) is 1.66. The molecule has 0 aliphatic carbocycles. The van der Waals surface area contributed by atoms with Crippen molar-refractivity contribution in [2.24, 2.45) is 0 Å². The summed E-state index contributed by atoms with van der Waals surface area (Å²) >= 11 is 7.71. The van der Waals surface area contributed by atoms with E-state index in [4.69, 9.17) is 26.1 Å². The summed E-state index contributed by atoms with van der Waals surface area (Å²) < 4.78 is 12.7. The minimum absolute atomic E-state index is 0.0229. The second-order valence-electron chi connectivity index (χ2n) is 6.79. The fourth-order valence-corrected chi connectivity index (χ4v) is 4.65. The zero-order valence-electron chi connectivity index (χ0n) is 15.0. The molecular weight excluding hydrogens is 398 g/mol. The number of benzene rings is 2.